The van der Waals surface area contributed by atoms with Gasteiger partial charge in [-0.1, -0.05) is 50.1 Å². The van der Waals surface area contributed by atoms with Crippen LogP contribution in [0.25, 0.3) is 0 Å². The minimum atomic E-state index is -0.676. The van der Waals surface area contributed by atoms with E-state index < -0.39 is 5.97 Å². The third-order valence-electron chi connectivity index (χ3n) is 4.56. The highest BCUT2D eigenvalue weighted by molar-refractivity contribution is 5.67. The van der Waals surface area contributed by atoms with Crippen molar-refractivity contribution in [2.45, 2.75) is 57.4 Å². The van der Waals surface area contributed by atoms with Gasteiger partial charge in [-0.3, -0.25) is 9.69 Å². The summed E-state index contributed by atoms with van der Waals surface area (Å²) in [5, 5.41) is 9.24. The van der Waals surface area contributed by atoms with E-state index >= 15 is 0 Å². The Morgan fingerprint density at radius 3 is 2.33 bits per heavy atom. The second-order valence-electron chi connectivity index (χ2n) is 6.25. The maximum absolute atomic E-state index is 11.2. The molecule has 1 saturated heterocycles. The predicted molar refractivity (Wildman–Crippen MR) is 85.6 cm³/mol. The van der Waals surface area contributed by atoms with Crippen molar-refractivity contribution in [1.82, 2.24) is 4.90 Å². The number of carboxylic acids is 1. The first-order valence-electron chi connectivity index (χ1n) is 8.17. The zero-order valence-corrected chi connectivity index (χ0v) is 13.0. The number of hydrogen-bond acceptors (Lipinski definition) is 2. The topological polar surface area (TPSA) is 40.5 Å². The molecular weight excluding hydrogens is 262 g/mol. The first-order valence-corrected chi connectivity index (χ1v) is 8.17. The molecule has 116 valence electrons. The number of nitrogens with zero attached hydrogens (tertiary/aromatic N) is 1. The number of benzene rings is 1. The first kappa shape index (κ1) is 16.0. The zero-order valence-electron chi connectivity index (χ0n) is 13.0. The van der Waals surface area contributed by atoms with Gasteiger partial charge >= 0.3 is 5.97 Å². The van der Waals surface area contributed by atoms with E-state index in [1.807, 2.05) is 6.07 Å². The number of likely N-dealkylation sites (tertiary alicyclic amines) is 1. The van der Waals surface area contributed by atoms with Gasteiger partial charge in [-0.15, -0.1) is 0 Å². The lowest BCUT2D eigenvalue weighted by Gasteiger charge is -2.31. The number of hydrogen-bond donors (Lipinski definition) is 1. The fraction of sp³-hybridized carbons (Fsp3) is 0.611. The summed E-state index contributed by atoms with van der Waals surface area (Å²) in [5.74, 6) is -0.275. The van der Waals surface area contributed by atoms with Gasteiger partial charge in [0, 0.05) is 6.04 Å². The van der Waals surface area contributed by atoms with Crippen LogP contribution in [0.5, 0.6) is 0 Å². The van der Waals surface area contributed by atoms with Gasteiger partial charge in [-0.05, 0) is 43.8 Å². The number of aliphatic carboxylic acids is 1. The molecule has 3 nitrogen and oxygen atoms in total. The molecule has 0 saturated carbocycles. The van der Waals surface area contributed by atoms with Crippen molar-refractivity contribution in [2.24, 2.45) is 0 Å². The number of carbonyl (C=O) groups is 1. The van der Waals surface area contributed by atoms with Gasteiger partial charge in [0.15, 0.2) is 0 Å². The molecule has 0 radical (unpaired) electrons. The molecule has 1 fully saturated rings. The Morgan fingerprint density at radius 1 is 1.14 bits per heavy atom. The van der Waals surface area contributed by atoms with Crippen molar-refractivity contribution in [3.8, 4) is 0 Å². The van der Waals surface area contributed by atoms with Gasteiger partial charge in [0.1, 0.15) is 0 Å². The molecule has 2 rings (SSSR count). The van der Waals surface area contributed by atoms with E-state index in [-0.39, 0.29) is 12.5 Å². The molecule has 1 aliphatic heterocycles. The van der Waals surface area contributed by atoms with E-state index in [1.165, 1.54) is 31.2 Å². The predicted octanol–water partition coefficient (Wildman–Crippen LogP) is 3.90. The molecule has 0 spiro atoms. The van der Waals surface area contributed by atoms with E-state index in [1.54, 1.807) is 0 Å². The summed E-state index contributed by atoms with van der Waals surface area (Å²) in [6.45, 7) is 4.32. The standard InChI is InChI=1S/C18H27NO2/c1-15(16-9-5-4-6-10-16)13-17(14-18(20)21)19-11-7-2-3-8-12-19/h4-6,9-10,15,17H,2-3,7-8,11-14H2,1H3,(H,20,21). The van der Waals surface area contributed by atoms with E-state index in [0.717, 1.165) is 19.5 Å². The highest BCUT2D eigenvalue weighted by Gasteiger charge is 2.24. The molecule has 2 atom stereocenters. The van der Waals surface area contributed by atoms with Gasteiger partial charge in [0.2, 0.25) is 0 Å². The summed E-state index contributed by atoms with van der Waals surface area (Å²) in [6.07, 6.45) is 6.16. The van der Waals surface area contributed by atoms with Crippen LogP contribution in [0.15, 0.2) is 30.3 Å². The monoisotopic (exact) mass is 289 g/mol. The Kier molecular flexibility index (Phi) is 6.24. The van der Waals surface area contributed by atoms with E-state index in [2.05, 4.69) is 36.1 Å². The fourth-order valence-electron chi connectivity index (χ4n) is 3.35. The molecule has 1 aromatic rings. The number of rotatable bonds is 6. The Morgan fingerprint density at radius 2 is 1.76 bits per heavy atom. The van der Waals surface area contributed by atoms with Crippen molar-refractivity contribution in [3.63, 3.8) is 0 Å². The Hall–Kier alpha value is -1.35. The van der Waals surface area contributed by atoms with Crippen molar-refractivity contribution >= 4 is 5.97 Å². The van der Waals surface area contributed by atoms with Gasteiger partial charge < -0.3 is 5.11 Å². The molecule has 1 heterocycles. The third kappa shape index (κ3) is 5.16. The van der Waals surface area contributed by atoms with Gasteiger partial charge in [-0.2, -0.15) is 0 Å². The average molecular weight is 289 g/mol. The Bertz CT molecular complexity index is 424. The van der Waals surface area contributed by atoms with Crippen LogP contribution in [-0.4, -0.2) is 35.1 Å². The fourth-order valence-corrected chi connectivity index (χ4v) is 3.35. The SMILES string of the molecule is CC(CC(CC(=O)O)N1CCCCCC1)c1ccccc1. The summed E-state index contributed by atoms with van der Waals surface area (Å²) >= 11 is 0. The molecule has 0 bridgehead atoms. The van der Waals surface area contributed by atoms with Crippen molar-refractivity contribution in [1.29, 1.82) is 0 Å². The van der Waals surface area contributed by atoms with Crippen LogP contribution in [0.1, 0.15) is 56.9 Å². The molecule has 1 aromatic carbocycles. The highest BCUT2D eigenvalue weighted by atomic mass is 16.4. The third-order valence-corrected chi connectivity index (χ3v) is 4.56. The zero-order chi connectivity index (χ0) is 15.1. The summed E-state index contributed by atoms with van der Waals surface area (Å²) in [5.41, 5.74) is 1.31. The van der Waals surface area contributed by atoms with Gasteiger partial charge in [0.25, 0.3) is 0 Å². The summed E-state index contributed by atoms with van der Waals surface area (Å²) in [7, 11) is 0. The Labute approximate surface area is 128 Å². The maximum atomic E-state index is 11.2. The van der Waals surface area contributed by atoms with Crippen LogP contribution in [-0.2, 0) is 4.79 Å². The van der Waals surface area contributed by atoms with Crippen LogP contribution in [0.4, 0.5) is 0 Å². The van der Waals surface area contributed by atoms with Crippen LogP contribution in [0, 0.1) is 0 Å². The van der Waals surface area contributed by atoms with Crippen LogP contribution >= 0.6 is 0 Å². The van der Waals surface area contributed by atoms with Crippen molar-refractivity contribution < 1.29 is 9.90 Å². The number of carboxylic acid groups (broad SMARTS) is 1. The minimum Gasteiger partial charge on any atom is -0.481 e. The molecule has 0 aliphatic carbocycles. The molecule has 21 heavy (non-hydrogen) atoms. The van der Waals surface area contributed by atoms with Gasteiger partial charge in [-0.25, -0.2) is 0 Å². The van der Waals surface area contributed by atoms with E-state index in [4.69, 9.17) is 0 Å². The lowest BCUT2D eigenvalue weighted by atomic mass is 9.91. The van der Waals surface area contributed by atoms with Crippen LogP contribution < -0.4 is 0 Å². The molecule has 3 heteroatoms. The largest absolute Gasteiger partial charge is 0.481 e. The highest BCUT2D eigenvalue weighted by Crippen LogP contribution is 2.26. The average Bonchev–Trinajstić information content (AvgIpc) is 2.76. The second kappa shape index (κ2) is 8.18. The molecule has 0 amide bonds. The smallest absolute Gasteiger partial charge is 0.304 e. The van der Waals surface area contributed by atoms with Crippen molar-refractivity contribution in [2.75, 3.05) is 13.1 Å². The quantitative estimate of drug-likeness (QED) is 0.863. The van der Waals surface area contributed by atoms with Crippen LogP contribution in [0.2, 0.25) is 0 Å². The molecule has 0 aromatic heterocycles. The summed E-state index contributed by atoms with van der Waals surface area (Å²) in [6, 6.07) is 10.6. The summed E-state index contributed by atoms with van der Waals surface area (Å²) < 4.78 is 0. The summed E-state index contributed by atoms with van der Waals surface area (Å²) in [4.78, 5) is 13.6. The normalized spacial score (nSPS) is 19.7. The molecule has 2 unspecified atom stereocenters. The molecular formula is C18H27NO2. The maximum Gasteiger partial charge on any atom is 0.304 e. The minimum absolute atomic E-state index is 0.163. The lowest BCUT2D eigenvalue weighted by Crippen LogP contribution is -2.38. The van der Waals surface area contributed by atoms with Gasteiger partial charge in [0.05, 0.1) is 6.42 Å². The second-order valence-corrected chi connectivity index (χ2v) is 6.25. The van der Waals surface area contributed by atoms with Crippen LogP contribution in [0.3, 0.4) is 0 Å². The lowest BCUT2D eigenvalue weighted by molar-refractivity contribution is -0.138. The van der Waals surface area contributed by atoms with E-state index in [0.29, 0.717) is 5.92 Å². The molecule has 1 aliphatic rings. The molecule has 1 N–H and O–H groups in total. The Balaban J connectivity index is 2.02. The van der Waals surface area contributed by atoms with E-state index in [9.17, 15) is 9.90 Å². The first-order chi connectivity index (χ1) is 10.2. The van der Waals surface area contributed by atoms with Crippen molar-refractivity contribution in [3.05, 3.63) is 35.9 Å².